The standard InChI is InChI=1S/C8H6BrF2NO3/c9-4-2-5(7(10)11)12-8(15)3(4)1-6(13)14/h2,7H,1H2,(H,12,15)(H,13,14). The zero-order valence-electron chi connectivity index (χ0n) is 7.26. The topological polar surface area (TPSA) is 70.2 Å². The first-order valence-corrected chi connectivity index (χ1v) is 4.62. The Bertz CT molecular complexity index is 444. The van der Waals surface area contributed by atoms with Gasteiger partial charge in [-0.25, -0.2) is 8.78 Å². The molecule has 7 heteroatoms. The summed E-state index contributed by atoms with van der Waals surface area (Å²) in [5.74, 6) is -1.20. The minimum Gasteiger partial charge on any atom is -0.481 e. The summed E-state index contributed by atoms with van der Waals surface area (Å²) in [6.45, 7) is 0. The van der Waals surface area contributed by atoms with Gasteiger partial charge in [0.1, 0.15) is 0 Å². The van der Waals surface area contributed by atoms with Crippen LogP contribution < -0.4 is 5.56 Å². The molecular weight excluding hydrogens is 276 g/mol. The molecule has 1 aromatic rings. The number of aromatic amines is 1. The molecule has 1 aromatic heterocycles. The second-order valence-corrected chi connectivity index (χ2v) is 3.61. The number of nitrogens with one attached hydrogen (secondary N) is 1. The molecule has 0 saturated heterocycles. The van der Waals surface area contributed by atoms with Crippen LogP contribution in [0.1, 0.15) is 17.7 Å². The average Bonchev–Trinajstić information content (AvgIpc) is 2.10. The number of halogens is 3. The molecule has 0 aliphatic rings. The fraction of sp³-hybridized carbons (Fsp3) is 0.250. The summed E-state index contributed by atoms with van der Waals surface area (Å²) in [7, 11) is 0. The first kappa shape index (κ1) is 11.8. The molecule has 0 saturated carbocycles. The summed E-state index contributed by atoms with van der Waals surface area (Å²) in [6, 6.07) is 1.00. The third-order valence-electron chi connectivity index (χ3n) is 1.67. The molecule has 0 radical (unpaired) electrons. The number of alkyl halides is 2. The van der Waals surface area contributed by atoms with Gasteiger partial charge in [0.15, 0.2) is 0 Å². The van der Waals surface area contributed by atoms with E-state index in [0.717, 1.165) is 6.07 Å². The third kappa shape index (κ3) is 2.85. The molecule has 82 valence electrons. The zero-order valence-corrected chi connectivity index (χ0v) is 8.85. The van der Waals surface area contributed by atoms with Gasteiger partial charge in [0, 0.05) is 10.0 Å². The molecule has 1 rings (SSSR count). The molecule has 0 spiro atoms. The minimum atomic E-state index is -2.80. The monoisotopic (exact) mass is 281 g/mol. The van der Waals surface area contributed by atoms with E-state index in [2.05, 4.69) is 15.9 Å². The number of pyridine rings is 1. The van der Waals surface area contributed by atoms with E-state index < -0.39 is 30.1 Å². The Balaban J connectivity index is 3.21. The van der Waals surface area contributed by atoms with Crippen molar-refractivity contribution in [1.82, 2.24) is 4.98 Å². The van der Waals surface area contributed by atoms with E-state index in [-0.39, 0.29) is 10.0 Å². The van der Waals surface area contributed by atoms with Crippen molar-refractivity contribution in [3.8, 4) is 0 Å². The van der Waals surface area contributed by atoms with Crippen LogP contribution in [0.5, 0.6) is 0 Å². The molecule has 0 aliphatic heterocycles. The summed E-state index contributed by atoms with van der Waals surface area (Å²) < 4.78 is 24.5. The van der Waals surface area contributed by atoms with Crippen LogP contribution in [0.3, 0.4) is 0 Å². The molecule has 0 aliphatic carbocycles. The number of aliphatic carboxylic acids is 1. The molecule has 15 heavy (non-hydrogen) atoms. The van der Waals surface area contributed by atoms with Gasteiger partial charge in [0.25, 0.3) is 12.0 Å². The largest absolute Gasteiger partial charge is 0.481 e. The molecule has 0 unspecified atom stereocenters. The number of carboxylic acids is 1. The number of H-pyrrole nitrogens is 1. The van der Waals surface area contributed by atoms with E-state index in [4.69, 9.17) is 5.11 Å². The van der Waals surface area contributed by atoms with Gasteiger partial charge >= 0.3 is 5.97 Å². The number of hydrogen-bond acceptors (Lipinski definition) is 2. The van der Waals surface area contributed by atoms with E-state index in [1.54, 1.807) is 0 Å². The Morgan fingerprint density at radius 1 is 1.60 bits per heavy atom. The van der Waals surface area contributed by atoms with E-state index in [0.29, 0.717) is 0 Å². The number of carboxylic acid groups (broad SMARTS) is 1. The maximum atomic E-state index is 12.2. The fourth-order valence-corrected chi connectivity index (χ4v) is 1.58. The van der Waals surface area contributed by atoms with Crippen molar-refractivity contribution < 1.29 is 18.7 Å². The molecule has 0 aromatic carbocycles. The number of carbonyl (C=O) groups is 1. The molecule has 4 nitrogen and oxygen atoms in total. The minimum absolute atomic E-state index is 0.0731. The van der Waals surface area contributed by atoms with E-state index in [1.807, 2.05) is 4.98 Å². The average molecular weight is 282 g/mol. The summed E-state index contributed by atoms with van der Waals surface area (Å²) in [5, 5.41) is 8.47. The Labute approximate surface area is 91.1 Å². The predicted octanol–water partition coefficient (Wildman–Crippen LogP) is 1.70. The highest BCUT2D eigenvalue weighted by molar-refractivity contribution is 9.10. The number of hydrogen-bond donors (Lipinski definition) is 2. The highest BCUT2D eigenvalue weighted by Crippen LogP contribution is 2.21. The maximum absolute atomic E-state index is 12.2. The molecule has 0 fully saturated rings. The molecule has 0 bridgehead atoms. The van der Waals surface area contributed by atoms with Crippen molar-refractivity contribution in [2.75, 3.05) is 0 Å². The molecule has 0 amide bonds. The van der Waals surface area contributed by atoms with Gasteiger partial charge in [-0.1, -0.05) is 15.9 Å². The van der Waals surface area contributed by atoms with Crippen molar-refractivity contribution >= 4 is 21.9 Å². The van der Waals surface area contributed by atoms with Crippen LogP contribution in [-0.4, -0.2) is 16.1 Å². The lowest BCUT2D eigenvalue weighted by atomic mass is 10.2. The van der Waals surface area contributed by atoms with Gasteiger partial charge in [0.2, 0.25) is 0 Å². The highest BCUT2D eigenvalue weighted by atomic mass is 79.9. The SMILES string of the molecule is O=C(O)Cc1c(Br)cc(C(F)F)[nH]c1=O. The van der Waals surface area contributed by atoms with Crippen molar-refractivity contribution in [2.24, 2.45) is 0 Å². The van der Waals surface area contributed by atoms with Crippen LogP contribution in [0.25, 0.3) is 0 Å². The Morgan fingerprint density at radius 3 is 2.60 bits per heavy atom. The van der Waals surface area contributed by atoms with Gasteiger partial charge in [-0.15, -0.1) is 0 Å². The van der Waals surface area contributed by atoms with Crippen LogP contribution >= 0.6 is 15.9 Å². The van der Waals surface area contributed by atoms with Gasteiger partial charge < -0.3 is 10.1 Å². The van der Waals surface area contributed by atoms with Crippen LogP contribution in [0, 0.1) is 0 Å². The van der Waals surface area contributed by atoms with E-state index in [9.17, 15) is 18.4 Å². The maximum Gasteiger partial charge on any atom is 0.308 e. The normalized spacial score (nSPS) is 10.7. The van der Waals surface area contributed by atoms with Crippen molar-refractivity contribution in [3.05, 3.63) is 32.2 Å². The van der Waals surface area contributed by atoms with E-state index >= 15 is 0 Å². The van der Waals surface area contributed by atoms with Crippen LogP contribution in [-0.2, 0) is 11.2 Å². The lowest BCUT2D eigenvalue weighted by Gasteiger charge is -2.04. The lowest BCUT2D eigenvalue weighted by Crippen LogP contribution is -2.18. The van der Waals surface area contributed by atoms with Gasteiger partial charge in [-0.05, 0) is 6.07 Å². The molecule has 2 N–H and O–H groups in total. The summed E-state index contributed by atoms with van der Waals surface area (Å²) in [4.78, 5) is 23.5. The van der Waals surface area contributed by atoms with Crippen LogP contribution in [0.2, 0.25) is 0 Å². The molecule has 1 heterocycles. The Morgan fingerprint density at radius 2 is 2.20 bits per heavy atom. The third-order valence-corrected chi connectivity index (χ3v) is 2.37. The second-order valence-electron chi connectivity index (χ2n) is 2.75. The van der Waals surface area contributed by atoms with Crippen LogP contribution in [0.4, 0.5) is 8.78 Å². The fourth-order valence-electron chi connectivity index (χ4n) is 1.01. The van der Waals surface area contributed by atoms with Gasteiger partial charge in [-0.2, -0.15) is 0 Å². The zero-order chi connectivity index (χ0) is 11.6. The quantitative estimate of drug-likeness (QED) is 0.886. The molecule has 0 atom stereocenters. The van der Waals surface area contributed by atoms with Gasteiger partial charge in [-0.3, -0.25) is 9.59 Å². The number of aromatic nitrogens is 1. The Kier molecular flexibility index (Phi) is 3.57. The van der Waals surface area contributed by atoms with Crippen molar-refractivity contribution in [1.29, 1.82) is 0 Å². The Hall–Kier alpha value is -1.24. The highest BCUT2D eigenvalue weighted by Gasteiger charge is 2.15. The molecular formula is C8H6BrF2NO3. The smallest absolute Gasteiger partial charge is 0.308 e. The second kappa shape index (κ2) is 4.52. The summed E-state index contributed by atoms with van der Waals surface area (Å²) >= 11 is 2.88. The van der Waals surface area contributed by atoms with Gasteiger partial charge in [0.05, 0.1) is 12.1 Å². The predicted molar refractivity (Wildman–Crippen MR) is 51.1 cm³/mol. The van der Waals surface area contributed by atoms with Crippen LogP contribution in [0.15, 0.2) is 15.3 Å². The lowest BCUT2D eigenvalue weighted by molar-refractivity contribution is -0.136. The summed E-state index contributed by atoms with van der Waals surface area (Å²) in [6.07, 6.45) is -3.31. The van der Waals surface area contributed by atoms with Crippen molar-refractivity contribution in [2.45, 2.75) is 12.8 Å². The first-order valence-electron chi connectivity index (χ1n) is 3.83. The first-order chi connectivity index (χ1) is 6.91. The number of rotatable bonds is 3. The van der Waals surface area contributed by atoms with E-state index in [1.165, 1.54) is 0 Å². The van der Waals surface area contributed by atoms with Crippen molar-refractivity contribution in [3.63, 3.8) is 0 Å². The summed E-state index contributed by atoms with van der Waals surface area (Å²) in [5.41, 5.74) is -1.44.